The first-order valence-corrected chi connectivity index (χ1v) is 7.08. The van der Waals surface area contributed by atoms with E-state index in [2.05, 4.69) is 0 Å². The number of aliphatic imine (C=N–C) groups is 1. The molecular weight excluding hydrogens is 238 g/mol. The standard InChI is InChI=1S/C16H19NO2/c1-12-15(18)19-14(13-8-4-2-5-9-13)17-16(12)10-6-3-7-11-16/h2,4-5,8-9,12H,3,6-7,10-11H2,1H3. The Balaban J connectivity index is 2.01. The molecule has 1 aliphatic carbocycles. The van der Waals surface area contributed by atoms with Gasteiger partial charge < -0.3 is 4.74 Å². The highest BCUT2D eigenvalue weighted by Crippen LogP contribution is 2.41. The molecule has 0 aromatic heterocycles. The summed E-state index contributed by atoms with van der Waals surface area (Å²) in [5.41, 5.74) is 0.673. The monoisotopic (exact) mass is 257 g/mol. The van der Waals surface area contributed by atoms with E-state index in [1.165, 1.54) is 6.42 Å². The van der Waals surface area contributed by atoms with Crippen molar-refractivity contribution in [3.8, 4) is 0 Å². The molecule has 3 rings (SSSR count). The summed E-state index contributed by atoms with van der Waals surface area (Å²) in [6.45, 7) is 1.96. The topological polar surface area (TPSA) is 38.7 Å². The summed E-state index contributed by atoms with van der Waals surface area (Å²) < 4.78 is 5.42. The van der Waals surface area contributed by atoms with Crippen molar-refractivity contribution in [1.29, 1.82) is 0 Å². The van der Waals surface area contributed by atoms with Gasteiger partial charge in [0.1, 0.15) is 0 Å². The van der Waals surface area contributed by atoms with Gasteiger partial charge in [-0.15, -0.1) is 0 Å². The Kier molecular flexibility index (Phi) is 3.13. The van der Waals surface area contributed by atoms with Crippen LogP contribution in [-0.2, 0) is 9.53 Å². The summed E-state index contributed by atoms with van der Waals surface area (Å²) in [5, 5.41) is 0. The van der Waals surface area contributed by atoms with Gasteiger partial charge in [-0.25, -0.2) is 4.99 Å². The average Bonchev–Trinajstić information content (AvgIpc) is 2.46. The Bertz CT molecular complexity index is 501. The van der Waals surface area contributed by atoms with Gasteiger partial charge in [-0.1, -0.05) is 37.5 Å². The lowest BCUT2D eigenvalue weighted by molar-refractivity contribution is -0.144. The Morgan fingerprint density at radius 1 is 1.16 bits per heavy atom. The van der Waals surface area contributed by atoms with Crippen molar-refractivity contribution in [2.75, 3.05) is 0 Å². The van der Waals surface area contributed by atoms with Crippen LogP contribution >= 0.6 is 0 Å². The van der Waals surface area contributed by atoms with Crippen LogP contribution in [0.3, 0.4) is 0 Å². The van der Waals surface area contributed by atoms with Gasteiger partial charge in [0.15, 0.2) is 0 Å². The van der Waals surface area contributed by atoms with Crippen molar-refractivity contribution in [3.05, 3.63) is 35.9 Å². The Hall–Kier alpha value is -1.64. The number of hydrogen-bond donors (Lipinski definition) is 0. The third kappa shape index (κ3) is 2.18. The quantitative estimate of drug-likeness (QED) is 0.724. The van der Waals surface area contributed by atoms with Gasteiger partial charge in [-0.2, -0.15) is 0 Å². The van der Waals surface area contributed by atoms with Crippen molar-refractivity contribution >= 4 is 11.9 Å². The van der Waals surface area contributed by atoms with E-state index in [0.29, 0.717) is 5.90 Å². The first kappa shape index (κ1) is 12.4. The summed E-state index contributed by atoms with van der Waals surface area (Å²) in [7, 11) is 0. The molecule has 0 radical (unpaired) electrons. The maximum atomic E-state index is 12.1. The van der Waals surface area contributed by atoms with Crippen LogP contribution in [0.2, 0.25) is 0 Å². The van der Waals surface area contributed by atoms with Gasteiger partial charge in [0.2, 0.25) is 5.90 Å². The third-order valence-electron chi connectivity index (χ3n) is 4.42. The molecule has 1 fully saturated rings. The van der Waals surface area contributed by atoms with E-state index >= 15 is 0 Å². The molecule has 0 N–H and O–H groups in total. The van der Waals surface area contributed by atoms with E-state index in [1.54, 1.807) is 0 Å². The van der Waals surface area contributed by atoms with Crippen molar-refractivity contribution in [2.45, 2.75) is 44.6 Å². The summed E-state index contributed by atoms with van der Waals surface area (Å²) in [6.07, 6.45) is 5.56. The minimum absolute atomic E-state index is 0.125. The lowest BCUT2D eigenvalue weighted by Crippen LogP contribution is -2.46. The molecule has 0 amide bonds. The predicted molar refractivity (Wildman–Crippen MR) is 74.1 cm³/mol. The molecule has 1 spiro atoms. The second kappa shape index (κ2) is 4.80. The second-order valence-corrected chi connectivity index (χ2v) is 5.59. The number of carbonyl (C=O) groups excluding carboxylic acids is 1. The van der Waals surface area contributed by atoms with Crippen LogP contribution in [0.5, 0.6) is 0 Å². The minimum atomic E-state index is -0.223. The molecule has 1 aromatic carbocycles. The number of esters is 1. The van der Waals surface area contributed by atoms with Crippen LogP contribution < -0.4 is 0 Å². The van der Waals surface area contributed by atoms with E-state index < -0.39 is 0 Å². The summed E-state index contributed by atoms with van der Waals surface area (Å²) in [5.74, 6) is 0.251. The predicted octanol–water partition coefficient (Wildman–Crippen LogP) is 3.33. The van der Waals surface area contributed by atoms with Crippen molar-refractivity contribution < 1.29 is 9.53 Å². The molecule has 1 saturated carbocycles. The number of carbonyl (C=O) groups is 1. The molecule has 0 bridgehead atoms. The molecule has 1 aliphatic heterocycles. The number of benzene rings is 1. The molecule has 1 aromatic rings. The van der Waals surface area contributed by atoms with Gasteiger partial charge in [0, 0.05) is 5.56 Å². The van der Waals surface area contributed by atoms with E-state index in [-0.39, 0.29) is 17.4 Å². The Labute approximate surface area is 113 Å². The molecule has 1 unspecified atom stereocenters. The van der Waals surface area contributed by atoms with Crippen LogP contribution in [-0.4, -0.2) is 17.4 Å². The zero-order valence-corrected chi connectivity index (χ0v) is 11.3. The van der Waals surface area contributed by atoms with Gasteiger partial charge in [-0.3, -0.25) is 4.79 Å². The second-order valence-electron chi connectivity index (χ2n) is 5.59. The highest BCUT2D eigenvalue weighted by atomic mass is 16.5. The molecular formula is C16H19NO2. The normalized spacial score (nSPS) is 25.8. The number of hydrogen-bond acceptors (Lipinski definition) is 3. The zero-order chi connectivity index (χ0) is 13.3. The first-order chi connectivity index (χ1) is 9.21. The molecule has 1 heterocycles. The van der Waals surface area contributed by atoms with E-state index in [1.807, 2.05) is 37.3 Å². The highest BCUT2D eigenvalue weighted by Gasteiger charge is 2.45. The van der Waals surface area contributed by atoms with Crippen molar-refractivity contribution in [2.24, 2.45) is 10.9 Å². The molecule has 2 aliphatic rings. The number of ether oxygens (including phenoxy) is 1. The number of cyclic esters (lactones) is 1. The maximum Gasteiger partial charge on any atom is 0.317 e. The molecule has 1 atom stereocenters. The molecule has 3 heteroatoms. The van der Waals surface area contributed by atoms with Gasteiger partial charge in [0.05, 0.1) is 11.5 Å². The largest absolute Gasteiger partial charge is 0.407 e. The minimum Gasteiger partial charge on any atom is -0.407 e. The number of rotatable bonds is 1. The van der Waals surface area contributed by atoms with Crippen LogP contribution in [0, 0.1) is 5.92 Å². The van der Waals surface area contributed by atoms with Crippen LogP contribution in [0.15, 0.2) is 35.3 Å². The Morgan fingerprint density at radius 2 is 1.84 bits per heavy atom. The Morgan fingerprint density at radius 3 is 2.53 bits per heavy atom. The van der Waals surface area contributed by atoms with Gasteiger partial charge in [-0.05, 0) is 31.9 Å². The van der Waals surface area contributed by atoms with Crippen molar-refractivity contribution in [1.82, 2.24) is 0 Å². The average molecular weight is 257 g/mol. The lowest BCUT2D eigenvalue weighted by Gasteiger charge is -2.40. The van der Waals surface area contributed by atoms with Gasteiger partial charge in [0.25, 0.3) is 0 Å². The summed E-state index contributed by atoms with van der Waals surface area (Å²) in [4.78, 5) is 17.0. The third-order valence-corrected chi connectivity index (χ3v) is 4.42. The fourth-order valence-corrected chi connectivity index (χ4v) is 3.14. The SMILES string of the molecule is CC1C(=O)OC(c2ccccc2)=NC12CCCCC2. The highest BCUT2D eigenvalue weighted by molar-refractivity contribution is 6.03. The summed E-state index contributed by atoms with van der Waals surface area (Å²) in [6, 6.07) is 9.72. The number of nitrogens with zero attached hydrogens (tertiary/aromatic N) is 1. The van der Waals surface area contributed by atoms with E-state index in [0.717, 1.165) is 31.2 Å². The van der Waals surface area contributed by atoms with Gasteiger partial charge >= 0.3 is 5.97 Å². The zero-order valence-electron chi connectivity index (χ0n) is 11.3. The fraction of sp³-hybridized carbons (Fsp3) is 0.500. The van der Waals surface area contributed by atoms with Crippen LogP contribution in [0.1, 0.15) is 44.6 Å². The molecule has 19 heavy (non-hydrogen) atoms. The summed E-state index contributed by atoms with van der Waals surface area (Å²) >= 11 is 0. The molecule has 100 valence electrons. The van der Waals surface area contributed by atoms with E-state index in [9.17, 15) is 4.79 Å². The molecule has 0 saturated heterocycles. The van der Waals surface area contributed by atoms with Crippen molar-refractivity contribution in [3.63, 3.8) is 0 Å². The van der Waals surface area contributed by atoms with E-state index in [4.69, 9.17) is 9.73 Å². The smallest absolute Gasteiger partial charge is 0.317 e. The fourth-order valence-electron chi connectivity index (χ4n) is 3.14. The lowest BCUT2D eigenvalue weighted by atomic mass is 9.73. The van der Waals surface area contributed by atoms with Crippen LogP contribution in [0.25, 0.3) is 0 Å². The first-order valence-electron chi connectivity index (χ1n) is 7.08. The maximum absolute atomic E-state index is 12.1. The molecule has 3 nitrogen and oxygen atoms in total. The van der Waals surface area contributed by atoms with Crippen LogP contribution in [0.4, 0.5) is 0 Å².